The van der Waals surface area contributed by atoms with Crippen LogP contribution in [0.15, 0.2) is 15.9 Å². The highest BCUT2D eigenvalue weighted by atomic mass is 79.9. The topological polar surface area (TPSA) is 32.3 Å². The SMILES string of the molecule is CCCC(CCO)CNCc1ccc(Br)s1. The lowest BCUT2D eigenvalue weighted by atomic mass is 10.0. The van der Waals surface area contributed by atoms with E-state index in [9.17, 15) is 0 Å². The number of halogens is 1. The summed E-state index contributed by atoms with van der Waals surface area (Å²) in [6.45, 7) is 4.43. The van der Waals surface area contributed by atoms with E-state index in [2.05, 4.69) is 40.3 Å². The third kappa shape index (κ3) is 5.43. The Balaban J connectivity index is 2.21. The second kappa shape index (κ2) is 8.23. The van der Waals surface area contributed by atoms with E-state index in [1.807, 2.05) is 0 Å². The van der Waals surface area contributed by atoms with Crippen molar-refractivity contribution in [3.8, 4) is 0 Å². The van der Waals surface area contributed by atoms with E-state index in [0.29, 0.717) is 12.5 Å². The van der Waals surface area contributed by atoms with Crippen LogP contribution in [0.5, 0.6) is 0 Å². The van der Waals surface area contributed by atoms with E-state index < -0.39 is 0 Å². The fourth-order valence-corrected chi connectivity index (χ4v) is 3.24. The molecule has 16 heavy (non-hydrogen) atoms. The molecule has 1 rings (SSSR count). The molecule has 0 aromatic carbocycles. The lowest BCUT2D eigenvalue weighted by Crippen LogP contribution is -2.22. The number of nitrogens with one attached hydrogen (secondary N) is 1. The normalized spacial score (nSPS) is 12.9. The molecule has 2 N–H and O–H groups in total. The van der Waals surface area contributed by atoms with Crippen LogP contribution in [-0.2, 0) is 6.54 Å². The highest BCUT2D eigenvalue weighted by Gasteiger charge is 2.06. The van der Waals surface area contributed by atoms with E-state index in [1.54, 1.807) is 11.3 Å². The first kappa shape index (κ1) is 14.2. The Morgan fingerprint density at radius 1 is 1.44 bits per heavy atom. The summed E-state index contributed by atoms with van der Waals surface area (Å²) in [6.07, 6.45) is 3.30. The minimum Gasteiger partial charge on any atom is -0.396 e. The Bertz CT molecular complexity index is 284. The maximum Gasteiger partial charge on any atom is 0.0701 e. The van der Waals surface area contributed by atoms with Crippen molar-refractivity contribution in [2.75, 3.05) is 13.2 Å². The molecule has 0 amide bonds. The Morgan fingerprint density at radius 3 is 2.81 bits per heavy atom. The summed E-state index contributed by atoms with van der Waals surface area (Å²) in [6, 6.07) is 4.22. The van der Waals surface area contributed by atoms with Gasteiger partial charge in [0.2, 0.25) is 0 Å². The number of aliphatic hydroxyl groups excluding tert-OH is 1. The van der Waals surface area contributed by atoms with Crippen molar-refractivity contribution in [1.82, 2.24) is 5.32 Å². The van der Waals surface area contributed by atoms with Crippen LogP contribution in [0, 0.1) is 5.92 Å². The van der Waals surface area contributed by atoms with Gasteiger partial charge in [-0.15, -0.1) is 11.3 Å². The minimum absolute atomic E-state index is 0.302. The van der Waals surface area contributed by atoms with Crippen LogP contribution in [-0.4, -0.2) is 18.3 Å². The summed E-state index contributed by atoms with van der Waals surface area (Å²) < 4.78 is 1.18. The van der Waals surface area contributed by atoms with Crippen LogP contribution in [0.2, 0.25) is 0 Å². The summed E-state index contributed by atoms with van der Waals surface area (Å²) in [5.41, 5.74) is 0. The summed E-state index contributed by atoms with van der Waals surface area (Å²) >= 11 is 5.23. The average molecular weight is 306 g/mol. The largest absolute Gasteiger partial charge is 0.396 e. The summed E-state index contributed by atoms with van der Waals surface area (Å²) in [5.74, 6) is 0.610. The van der Waals surface area contributed by atoms with E-state index in [0.717, 1.165) is 19.5 Å². The highest BCUT2D eigenvalue weighted by molar-refractivity contribution is 9.11. The average Bonchev–Trinajstić information content (AvgIpc) is 2.65. The van der Waals surface area contributed by atoms with Gasteiger partial charge in [-0.1, -0.05) is 13.3 Å². The zero-order valence-electron chi connectivity index (χ0n) is 9.71. The van der Waals surface area contributed by atoms with Crippen molar-refractivity contribution in [3.05, 3.63) is 20.8 Å². The fourth-order valence-electron chi connectivity index (χ4n) is 1.79. The molecule has 92 valence electrons. The van der Waals surface area contributed by atoms with Crippen LogP contribution < -0.4 is 5.32 Å². The number of rotatable bonds is 8. The van der Waals surface area contributed by atoms with Crippen LogP contribution in [0.4, 0.5) is 0 Å². The smallest absolute Gasteiger partial charge is 0.0701 e. The van der Waals surface area contributed by atoms with Crippen molar-refractivity contribution in [1.29, 1.82) is 0 Å². The van der Waals surface area contributed by atoms with Gasteiger partial charge < -0.3 is 10.4 Å². The molecule has 0 aliphatic heterocycles. The molecule has 0 saturated carbocycles. The van der Waals surface area contributed by atoms with Gasteiger partial charge in [0.25, 0.3) is 0 Å². The third-order valence-electron chi connectivity index (χ3n) is 2.60. The van der Waals surface area contributed by atoms with Crippen molar-refractivity contribution >= 4 is 27.3 Å². The van der Waals surface area contributed by atoms with Crippen LogP contribution >= 0.6 is 27.3 Å². The first-order chi connectivity index (χ1) is 7.76. The van der Waals surface area contributed by atoms with Gasteiger partial charge in [-0.2, -0.15) is 0 Å². The molecule has 1 unspecified atom stereocenters. The molecule has 1 aromatic heterocycles. The van der Waals surface area contributed by atoms with Gasteiger partial charge in [0.05, 0.1) is 3.79 Å². The predicted molar refractivity (Wildman–Crippen MR) is 73.8 cm³/mol. The predicted octanol–water partition coefficient (Wildman–Crippen LogP) is 3.40. The van der Waals surface area contributed by atoms with E-state index in [4.69, 9.17) is 5.11 Å². The summed E-state index contributed by atoms with van der Waals surface area (Å²) in [7, 11) is 0. The maximum absolute atomic E-state index is 8.95. The van der Waals surface area contributed by atoms with Crippen molar-refractivity contribution in [2.24, 2.45) is 5.92 Å². The second-order valence-electron chi connectivity index (χ2n) is 4.00. The molecule has 0 fully saturated rings. The van der Waals surface area contributed by atoms with E-state index in [1.165, 1.54) is 21.5 Å². The molecular weight excluding hydrogens is 286 g/mol. The Labute approximate surface area is 110 Å². The zero-order chi connectivity index (χ0) is 11.8. The van der Waals surface area contributed by atoms with Gasteiger partial charge in [0.15, 0.2) is 0 Å². The summed E-state index contributed by atoms with van der Waals surface area (Å²) in [4.78, 5) is 1.35. The molecule has 0 spiro atoms. The second-order valence-corrected chi connectivity index (χ2v) is 6.55. The monoisotopic (exact) mass is 305 g/mol. The molecule has 1 aromatic rings. The number of thiophene rings is 1. The molecule has 4 heteroatoms. The first-order valence-corrected chi connectivity index (χ1v) is 7.43. The minimum atomic E-state index is 0.302. The number of hydrogen-bond acceptors (Lipinski definition) is 3. The number of hydrogen-bond donors (Lipinski definition) is 2. The van der Waals surface area contributed by atoms with Gasteiger partial charge >= 0.3 is 0 Å². The molecule has 1 atom stereocenters. The molecule has 0 aliphatic rings. The van der Waals surface area contributed by atoms with Crippen LogP contribution in [0.25, 0.3) is 0 Å². The molecule has 0 aliphatic carbocycles. The summed E-state index contributed by atoms with van der Waals surface area (Å²) in [5, 5.41) is 12.4. The zero-order valence-corrected chi connectivity index (χ0v) is 12.1. The van der Waals surface area contributed by atoms with Gasteiger partial charge in [0.1, 0.15) is 0 Å². The molecule has 1 heterocycles. The fraction of sp³-hybridized carbons (Fsp3) is 0.667. The highest BCUT2D eigenvalue weighted by Crippen LogP contribution is 2.21. The molecule has 0 bridgehead atoms. The van der Waals surface area contributed by atoms with Gasteiger partial charge in [-0.3, -0.25) is 0 Å². The molecule has 2 nitrogen and oxygen atoms in total. The Kier molecular flexibility index (Phi) is 7.28. The first-order valence-electron chi connectivity index (χ1n) is 5.82. The number of aliphatic hydroxyl groups is 1. The van der Waals surface area contributed by atoms with Crippen molar-refractivity contribution in [2.45, 2.75) is 32.7 Å². The Morgan fingerprint density at radius 2 is 2.25 bits per heavy atom. The van der Waals surface area contributed by atoms with E-state index in [-0.39, 0.29) is 0 Å². The Hall–Kier alpha value is 0.1000. The maximum atomic E-state index is 8.95. The molecule has 0 saturated heterocycles. The van der Waals surface area contributed by atoms with Gasteiger partial charge in [-0.05, 0) is 53.4 Å². The lowest BCUT2D eigenvalue weighted by Gasteiger charge is -2.15. The third-order valence-corrected chi connectivity index (χ3v) is 4.22. The van der Waals surface area contributed by atoms with Gasteiger partial charge in [-0.25, -0.2) is 0 Å². The van der Waals surface area contributed by atoms with Crippen molar-refractivity contribution < 1.29 is 5.11 Å². The van der Waals surface area contributed by atoms with E-state index >= 15 is 0 Å². The quantitative estimate of drug-likeness (QED) is 0.771. The van der Waals surface area contributed by atoms with Crippen LogP contribution in [0.1, 0.15) is 31.1 Å². The lowest BCUT2D eigenvalue weighted by molar-refractivity contribution is 0.248. The standard InChI is InChI=1S/C12H20BrNOS/c1-2-3-10(6-7-15)8-14-9-11-4-5-12(13)16-11/h4-5,10,14-15H,2-3,6-9H2,1H3. The van der Waals surface area contributed by atoms with Crippen molar-refractivity contribution in [3.63, 3.8) is 0 Å². The molecular formula is C12H20BrNOS. The van der Waals surface area contributed by atoms with Gasteiger partial charge in [0, 0.05) is 18.0 Å². The molecule has 0 radical (unpaired) electrons. The van der Waals surface area contributed by atoms with Crippen LogP contribution in [0.3, 0.4) is 0 Å².